The predicted molar refractivity (Wildman–Crippen MR) is 79.0 cm³/mol. The highest BCUT2D eigenvalue weighted by molar-refractivity contribution is 7.91. The van der Waals surface area contributed by atoms with Crippen LogP contribution in [0.15, 0.2) is 30.3 Å². The zero-order valence-corrected chi connectivity index (χ0v) is 13.0. The third-order valence-electron chi connectivity index (χ3n) is 3.57. The van der Waals surface area contributed by atoms with Crippen LogP contribution in [0.4, 0.5) is 0 Å². The molecule has 1 unspecified atom stereocenters. The summed E-state index contributed by atoms with van der Waals surface area (Å²) in [4.78, 5) is 14.0. The molecule has 1 aromatic carbocycles. The lowest BCUT2D eigenvalue weighted by molar-refractivity contribution is -0.139. The summed E-state index contributed by atoms with van der Waals surface area (Å²) in [6.07, 6.45) is 0. The molecule has 1 fully saturated rings. The van der Waals surface area contributed by atoms with Gasteiger partial charge in [0.15, 0.2) is 9.84 Å². The first-order valence-corrected chi connectivity index (χ1v) is 8.49. The van der Waals surface area contributed by atoms with Gasteiger partial charge in [-0.25, -0.2) is 8.42 Å². The van der Waals surface area contributed by atoms with Gasteiger partial charge in [-0.2, -0.15) is 0 Å². The van der Waals surface area contributed by atoms with E-state index in [0.717, 1.165) is 5.56 Å². The maximum absolute atomic E-state index is 12.3. The standard InChI is InChI=1S/C15H21NO3S/c1-15(2,3)14(17)16-9-10-20(18,19)13(11-16)12-7-5-4-6-8-12/h4-8,13H,9-11H2,1-3H3. The van der Waals surface area contributed by atoms with Gasteiger partial charge >= 0.3 is 0 Å². The second-order valence-corrected chi connectivity index (χ2v) is 8.57. The van der Waals surface area contributed by atoms with Crippen LogP contribution in [0.1, 0.15) is 31.6 Å². The normalized spacial score (nSPS) is 22.6. The molecule has 0 N–H and O–H groups in total. The van der Waals surface area contributed by atoms with E-state index in [4.69, 9.17) is 0 Å². The monoisotopic (exact) mass is 295 g/mol. The molecule has 0 radical (unpaired) electrons. The zero-order chi connectivity index (χ0) is 15.0. The van der Waals surface area contributed by atoms with Crippen LogP contribution in [0, 0.1) is 5.41 Å². The van der Waals surface area contributed by atoms with Gasteiger partial charge < -0.3 is 4.90 Å². The van der Waals surface area contributed by atoms with Crippen LogP contribution in [0.5, 0.6) is 0 Å². The van der Waals surface area contributed by atoms with E-state index in [1.165, 1.54) is 0 Å². The quantitative estimate of drug-likeness (QED) is 0.796. The van der Waals surface area contributed by atoms with E-state index in [9.17, 15) is 13.2 Å². The maximum atomic E-state index is 12.3. The fourth-order valence-electron chi connectivity index (χ4n) is 2.42. The van der Waals surface area contributed by atoms with Crippen LogP contribution >= 0.6 is 0 Å². The van der Waals surface area contributed by atoms with Crippen molar-refractivity contribution in [2.75, 3.05) is 18.8 Å². The summed E-state index contributed by atoms with van der Waals surface area (Å²) in [5.74, 6) is 0.0438. The lowest BCUT2D eigenvalue weighted by Gasteiger charge is -2.36. The molecule has 0 aliphatic carbocycles. The van der Waals surface area contributed by atoms with Gasteiger partial charge in [0.2, 0.25) is 5.91 Å². The lowest BCUT2D eigenvalue weighted by atomic mass is 9.94. The van der Waals surface area contributed by atoms with Gasteiger partial charge in [0, 0.05) is 18.5 Å². The van der Waals surface area contributed by atoms with Crippen molar-refractivity contribution < 1.29 is 13.2 Å². The van der Waals surface area contributed by atoms with Crippen LogP contribution in [0.25, 0.3) is 0 Å². The highest BCUT2D eigenvalue weighted by atomic mass is 32.2. The fourth-order valence-corrected chi connectivity index (χ4v) is 4.16. The van der Waals surface area contributed by atoms with Gasteiger partial charge in [0.25, 0.3) is 0 Å². The van der Waals surface area contributed by atoms with E-state index >= 15 is 0 Å². The van der Waals surface area contributed by atoms with Crippen LogP contribution < -0.4 is 0 Å². The van der Waals surface area contributed by atoms with Crippen molar-refractivity contribution in [2.24, 2.45) is 5.41 Å². The number of hydrogen-bond acceptors (Lipinski definition) is 3. The maximum Gasteiger partial charge on any atom is 0.228 e. The van der Waals surface area contributed by atoms with Crippen molar-refractivity contribution in [1.29, 1.82) is 0 Å². The summed E-state index contributed by atoms with van der Waals surface area (Å²) in [6.45, 7) is 6.12. The SMILES string of the molecule is CC(C)(C)C(=O)N1CCS(=O)(=O)C(c2ccccc2)C1. The Morgan fingerprint density at radius 2 is 1.80 bits per heavy atom. The number of carbonyl (C=O) groups excluding carboxylic acids is 1. The molecule has 20 heavy (non-hydrogen) atoms. The molecule has 2 rings (SSSR count). The van der Waals surface area contributed by atoms with Gasteiger partial charge in [-0.3, -0.25) is 4.79 Å². The minimum atomic E-state index is -3.18. The number of rotatable bonds is 1. The second-order valence-electron chi connectivity index (χ2n) is 6.27. The zero-order valence-electron chi connectivity index (χ0n) is 12.2. The fraction of sp³-hybridized carbons (Fsp3) is 0.533. The molecular weight excluding hydrogens is 274 g/mol. The minimum absolute atomic E-state index is 0.00771. The Morgan fingerprint density at radius 3 is 2.35 bits per heavy atom. The molecule has 1 heterocycles. The van der Waals surface area contributed by atoms with Crippen molar-refractivity contribution in [2.45, 2.75) is 26.0 Å². The second kappa shape index (κ2) is 5.20. The Kier molecular flexibility index (Phi) is 3.91. The molecule has 4 nitrogen and oxygen atoms in total. The Morgan fingerprint density at radius 1 is 1.20 bits per heavy atom. The molecule has 110 valence electrons. The van der Waals surface area contributed by atoms with Gasteiger partial charge in [-0.1, -0.05) is 51.1 Å². The summed E-state index contributed by atoms with van der Waals surface area (Å²) in [7, 11) is -3.18. The average Bonchev–Trinajstić information content (AvgIpc) is 2.37. The summed E-state index contributed by atoms with van der Waals surface area (Å²) < 4.78 is 24.5. The molecule has 1 saturated heterocycles. The molecule has 1 amide bonds. The topological polar surface area (TPSA) is 54.5 Å². The van der Waals surface area contributed by atoms with Crippen LogP contribution in [0.2, 0.25) is 0 Å². The van der Waals surface area contributed by atoms with Crippen LogP contribution in [0.3, 0.4) is 0 Å². The van der Waals surface area contributed by atoms with Gasteiger partial charge in [0.1, 0.15) is 5.25 Å². The Hall–Kier alpha value is -1.36. The van der Waals surface area contributed by atoms with Crippen molar-refractivity contribution in [3.63, 3.8) is 0 Å². The van der Waals surface area contributed by atoms with Gasteiger partial charge in [-0.05, 0) is 5.56 Å². The molecule has 1 atom stereocenters. The molecule has 0 spiro atoms. The van der Waals surface area contributed by atoms with E-state index in [0.29, 0.717) is 6.54 Å². The van der Waals surface area contributed by atoms with Crippen molar-refractivity contribution in [3.05, 3.63) is 35.9 Å². The Bertz CT molecular complexity index is 587. The lowest BCUT2D eigenvalue weighted by Crippen LogP contribution is -2.49. The number of benzene rings is 1. The molecule has 0 bridgehead atoms. The molecule has 0 saturated carbocycles. The van der Waals surface area contributed by atoms with E-state index in [-0.39, 0.29) is 18.2 Å². The van der Waals surface area contributed by atoms with Crippen LogP contribution in [-0.4, -0.2) is 38.1 Å². The summed E-state index contributed by atoms with van der Waals surface area (Å²) >= 11 is 0. The third kappa shape index (κ3) is 3.03. The third-order valence-corrected chi connectivity index (χ3v) is 5.61. The molecule has 1 aromatic rings. The largest absolute Gasteiger partial charge is 0.340 e. The first kappa shape index (κ1) is 15.0. The van der Waals surface area contributed by atoms with E-state index in [1.807, 2.05) is 51.1 Å². The number of nitrogens with zero attached hydrogens (tertiary/aromatic N) is 1. The van der Waals surface area contributed by atoms with Gasteiger partial charge in [-0.15, -0.1) is 0 Å². The summed E-state index contributed by atoms with van der Waals surface area (Å²) in [5, 5.41) is -0.608. The summed E-state index contributed by atoms with van der Waals surface area (Å²) in [6, 6.07) is 9.14. The Labute approximate surface area is 120 Å². The van der Waals surface area contributed by atoms with Crippen molar-refractivity contribution >= 4 is 15.7 Å². The molecule has 5 heteroatoms. The number of hydrogen-bond donors (Lipinski definition) is 0. The van der Waals surface area contributed by atoms with E-state index in [2.05, 4.69) is 0 Å². The van der Waals surface area contributed by atoms with E-state index < -0.39 is 20.5 Å². The first-order chi connectivity index (χ1) is 9.22. The Balaban J connectivity index is 2.28. The molecule has 0 aromatic heterocycles. The first-order valence-electron chi connectivity index (χ1n) is 6.78. The van der Waals surface area contributed by atoms with E-state index in [1.54, 1.807) is 4.90 Å². The van der Waals surface area contributed by atoms with Gasteiger partial charge in [0.05, 0.1) is 5.75 Å². The molecule has 1 aliphatic heterocycles. The number of sulfone groups is 1. The minimum Gasteiger partial charge on any atom is -0.340 e. The highest BCUT2D eigenvalue weighted by Gasteiger charge is 2.38. The number of carbonyl (C=O) groups is 1. The smallest absolute Gasteiger partial charge is 0.228 e. The van der Waals surface area contributed by atoms with Crippen molar-refractivity contribution in [1.82, 2.24) is 4.90 Å². The average molecular weight is 295 g/mol. The molecule has 1 aliphatic rings. The molecular formula is C15H21NO3S. The predicted octanol–water partition coefficient (Wildman–Crippen LogP) is 2.03. The summed E-state index contributed by atoms with van der Waals surface area (Å²) in [5.41, 5.74) is 0.279. The van der Waals surface area contributed by atoms with Crippen LogP contribution in [-0.2, 0) is 14.6 Å². The highest BCUT2D eigenvalue weighted by Crippen LogP contribution is 2.30. The number of amides is 1. The van der Waals surface area contributed by atoms with Crippen molar-refractivity contribution in [3.8, 4) is 0 Å².